The maximum Gasteiger partial charge on any atom is 0.234 e. The summed E-state index contributed by atoms with van der Waals surface area (Å²) in [4.78, 5) is 9.46. The van der Waals surface area contributed by atoms with E-state index in [-0.39, 0.29) is 0 Å². The molecule has 0 bridgehead atoms. The predicted octanol–water partition coefficient (Wildman–Crippen LogP) is 9.29. The van der Waals surface area contributed by atoms with Crippen LogP contribution < -0.4 is 0 Å². The van der Waals surface area contributed by atoms with Crippen LogP contribution in [0.2, 0.25) is 0 Å². The van der Waals surface area contributed by atoms with Gasteiger partial charge in [0.15, 0.2) is 22.3 Å². The number of furan rings is 4. The first-order chi connectivity index (χ1) is 22.3. The van der Waals surface area contributed by atoms with Crippen molar-refractivity contribution < 1.29 is 17.7 Å². The van der Waals surface area contributed by atoms with Crippen LogP contribution in [0.15, 0.2) is 134 Å². The van der Waals surface area contributed by atoms with Crippen LogP contribution in [-0.4, -0.2) is 23.7 Å². The molecule has 0 aliphatic rings. The van der Waals surface area contributed by atoms with Gasteiger partial charge in [0.25, 0.3) is 0 Å². The van der Waals surface area contributed by atoms with Gasteiger partial charge in [-0.1, -0.05) is 30.3 Å². The molecule has 0 saturated carbocycles. The minimum absolute atomic E-state index is 0.583. The number of benzene rings is 3. The zero-order valence-corrected chi connectivity index (χ0v) is 23.3. The first-order valence-corrected chi connectivity index (χ1v) is 14.5. The van der Waals surface area contributed by atoms with E-state index in [9.17, 15) is 0 Å². The van der Waals surface area contributed by atoms with Crippen LogP contribution >= 0.6 is 0 Å². The Balaban J connectivity index is 1.31. The predicted molar refractivity (Wildman–Crippen MR) is 172 cm³/mol. The van der Waals surface area contributed by atoms with E-state index in [1.807, 2.05) is 30.3 Å². The average Bonchev–Trinajstić information content (AvgIpc) is 3.91. The van der Waals surface area contributed by atoms with E-state index in [0.29, 0.717) is 5.95 Å². The van der Waals surface area contributed by atoms with Crippen molar-refractivity contribution in [1.29, 1.82) is 0 Å². The van der Waals surface area contributed by atoms with Gasteiger partial charge in [-0.25, -0.2) is 9.97 Å². The van der Waals surface area contributed by atoms with Crippen LogP contribution in [-0.2, 0) is 0 Å². The lowest BCUT2D eigenvalue weighted by Crippen LogP contribution is -2.02. The van der Waals surface area contributed by atoms with Crippen molar-refractivity contribution in [1.82, 2.24) is 23.7 Å². The Morgan fingerprint density at radius 2 is 1.02 bits per heavy atom. The summed E-state index contributed by atoms with van der Waals surface area (Å²) in [5, 5.41) is 4.44. The summed E-state index contributed by atoms with van der Waals surface area (Å²) in [5.41, 5.74) is 10.6. The SMILES string of the molecule is c1cnc(-n2c3cc(-n4c5ccoc5c5occc54)ccc3c3c4ccccc4c(-n4c5ccoc5c5occc54)cc32)nc1. The Bertz CT molecular complexity index is 2850. The van der Waals surface area contributed by atoms with Gasteiger partial charge < -0.3 is 26.8 Å². The smallest absolute Gasteiger partial charge is 0.234 e. The quantitative estimate of drug-likeness (QED) is 0.205. The van der Waals surface area contributed by atoms with E-state index in [1.165, 1.54) is 0 Å². The molecule has 0 amide bonds. The molecule has 11 rings (SSSR count). The van der Waals surface area contributed by atoms with Crippen molar-refractivity contribution in [3.05, 3.63) is 116 Å². The van der Waals surface area contributed by atoms with Crippen molar-refractivity contribution in [3.8, 4) is 17.3 Å². The summed E-state index contributed by atoms with van der Waals surface area (Å²) in [6.07, 6.45) is 10.3. The molecule has 45 heavy (non-hydrogen) atoms. The fourth-order valence-corrected chi connectivity index (χ4v) is 7.18. The van der Waals surface area contributed by atoms with Crippen LogP contribution in [0.3, 0.4) is 0 Å². The second kappa shape index (κ2) is 8.12. The number of hydrogen-bond acceptors (Lipinski definition) is 6. The molecule has 0 spiro atoms. The molecule has 3 aromatic carbocycles. The minimum Gasteiger partial charge on any atom is -0.459 e. The van der Waals surface area contributed by atoms with Gasteiger partial charge in [0.2, 0.25) is 5.95 Å². The molecule has 9 nitrogen and oxygen atoms in total. The van der Waals surface area contributed by atoms with Gasteiger partial charge >= 0.3 is 0 Å². The largest absolute Gasteiger partial charge is 0.459 e. The summed E-state index contributed by atoms with van der Waals surface area (Å²) in [7, 11) is 0. The lowest BCUT2D eigenvalue weighted by molar-refractivity contribution is 0.583. The summed E-state index contributed by atoms with van der Waals surface area (Å²) in [5.74, 6) is 0.583. The standard InChI is InChI=1S/C36H19N5O4/c1-2-5-22-21(4-1)29(40-26-10-16-44-34(26)35-27(40)11-17-45-35)19-30-31(22)23-7-6-20(18-28(23)41(30)36-37-12-3-13-38-36)39-24-8-14-42-32(24)33-25(39)9-15-43-33/h1-19H. The highest BCUT2D eigenvalue weighted by molar-refractivity contribution is 6.24. The number of rotatable bonds is 3. The monoisotopic (exact) mass is 585 g/mol. The lowest BCUT2D eigenvalue weighted by Gasteiger charge is -2.13. The fourth-order valence-electron chi connectivity index (χ4n) is 7.18. The first-order valence-electron chi connectivity index (χ1n) is 14.5. The Morgan fingerprint density at radius 3 is 1.64 bits per heavy atom. The second-order valence-electron chi connectivity index (χ2n) is 11.1. The van der Waals surface area contributed by atoms with Gasteiger partial charge in [-0.15, -0.1) is 0 Å². The van der Waals surface area contributed by atoms with Gasteiger partial charge in [0.1, 0.15) is 0 Å². The van der Waals surface area contributed by atoms with Crippen LogP contribution in [0.5, 0.6) is 0 Å². The maximum atomic E-state index is 5.87. The first kappa shape index (κ1) is 23.0. The third-order valence-corrected chi connectivity index (χ3v) is 8.94. The molecule has 212 valence electrons. The summed E-state index contributed by atoms with van der Waals surface area (Å²) >= 11 is 0. The van der Waals surface area contributed by atoms with E-state index in [1.54, 1.807) is 37.4 Å². The molecule has 8 aromatic heterocycles. The van der Waals surface area contributed by atoms with Crippen molar-refractivity contribution in [2.45, 2.75) is 0 Å². The molecule has 11 aromatic rings. The summed E-state index contributed by atoms with van der Waals surface area (Å²) < 4.78 is 29.9. The number of nitrogens with zero attached hydrogens (tertiary/aromatic N) is 5. The normalized spacial score (nSPS) is 12.4. The minimum atomic E-state index is 0.583. The molecular formula is C36H19N5O4. The average molecular weight is 586 g/mol. The molecule has 0 unspecified atom stereocenters. The van der Waals surface area contributed by atoms with Gasteiger partial charge in [0.05, 0.1) is 63.8 Å². The number of aromatic nitrogens is 5. The van der Waals surface area contributed by atoms with E-state index in [4.69, 9.17) is 27.6 Å². The molecule has 9 heteroatoms. The Morgan fingerprint density at radius 1 is 0.444 bits per heavy atom. The molecule has 0 atom stereocenters. The number of fused-ring (bicyclic) bond motifs is 11. The highest BCUT2D eigenvalue weighted by atomic mass is 16.4. The van der Waals surface area contributed by atoms with Crippen molar-refractivity contribution in [2.24, 2.45) is 0 Å². The highest BCUT2D eigenvalue weighted by Gasteiger charge is 2.24. The zero-order chi connectivity index (χ0) is 29.2. The van der Waals surface area contributed by atoms with Crippen LogP contribution in [0.25, 0.3) is 94.3 Å². The topological polar surface area (TPSA) is 93.1 Å². The third kappa shape index (κ3) is 2.82. The Kier molecular flexibility index (Phi) is 4.15. The molecule has 0 fully saturated rings. The number of hydrogen-bond donors (Lipinski definition) is 0. The van der Waals surface area contributed by atoms with Gasteiger partial charge in [-0.3, -0.25) is 4.57 Å². The molecule has 8 heterocycles. The van der Waals surface area contributed by atoms with Crippen LogP contribution in [0.4, 0.5) is 0 Å². The fraction of sp³-hybridized carbons (Fsp3) is 0. The molecule has 0 aliphatic carbocycles. The van der Waals surface area contributed by atoms with Gasteiger partial charge in [-0.05, 0) is 29.7 Å². The Hall–Kier alpha value is -6.48. The van der Waals surface area contributed by atoms with E-state index in [2.05, 4.69) is 62.2 Å². The molecule has 0 aliphatic heterocycles. The molecule has 0 saturated heterocycles. The van der Waals surface area contributed by atoms with Gasteiger partial charge in [-0.2, -0.15) is 0 Å². The molecular weight excluding hydrogens is 566 g/mol. The van der Waals surface area contributed by atoms with E-state index >= 15 is 0 Å². The highest BCUT2D eigenvalue weighted by Crippen LogP contribution is 2.43. The van der Waals surface area contributed by atoms with Crippen LogP contribution in [0.1, 0.15) is 0 Å². The van der Waals surface area contributed by atoms with Gasteiger partial charge in [0, 0.05) is 58.5 Å². The summed E-state index contributed by atoms with van der Waals surface area (Å²) in [6.45, 7) is 0. The van der Waals surface area contributed by atoms with Crippen LogP contribution in [0, 0.1) is 0 Å². The third-order valence-electron chi connectivity index (χ3n) is 8.94. The maximum absolute atomic E-state index is 5.87. The van der Waals surface area contributed by atoms with Crippen molar-refractivity contribution >= 4 is 77.0 Å². The zero-order valence-electron chi connectivity index (χ0n) is 23.3. The van der Waals surface area contributed by atoms with Crippen molar-refractivity contribution in [2.75, 3.05) is 0 Å². The lowest BCUT2D eigenvalue weighted by atomic mass is 10.0. The summed E-state index contributed by atoms with van der Waals surface area (Å²) in [6, 6.07) is 27.0. The van der Waals surface area contributed by atoms with E-state index in [0.717, 1.165) is 88.4 Å². The Labute approximate surface area is 251 Å². The second-order valence-corrected chi connectivity index (χ2v) is 11.1. The molecule has 0 N–H and O–H groups in total. The van der Waals surface area contributed by atoms with E-state index < -0.39 is 0 Å². The van der Waals surface area contributed by atoms with Crippen molar-refractivity contribution in [3.63, 3.8) is 0 Å². The molecule has 0 radical (unpaired) electrons.